The molecule has 2 rings (SSSR count). The molecule has 1 amide bonds. The smallest absolute Gasteiger partial charge is 0.254 e. The van der Waals surface area contributed by atoms with Gasteiger partial charge in [-0.25, -0.2) is 0 Å². The van der Waals surface area contributed by atoms with E-state index in [0.717, 1.165) is 38.3 Å². The summed E-state index contributed by atoms with van der Waals surface area (Å²) in [6.45, 7) is 6.02. The molecule has 0 radical (unpaired) electrons. The largest absolute Gasteiger partial charge is 0.494 e. The highest BCUT2D eigenvalue weighted by Crippen LogP contribution is 2.15. The Balaban J connectivity index is 2.09. The molecule has 0 unspecified atom stereocenters. The van der Waals surface area contributed by atoms with Crippen LogP contribution in [0.3, 0.4) is 0 Å². The van der Waals surface area contributed by atoms with Crippen LogP contribution in [0, 0.1) is 0 Å². The van der Waals surface area contributed by atoms with E-state index < -0.39 is 0 Å². The van der Waals surface area contributed by atoms with Crippen molar-refractivity contribution in [2.75, 3.05) is 32.8 Å². The zero-order valence-electron chi connectivity index (χ0n) is 10.8. The van der Waals surface area contributed by atoms with E-state index in [1.165, 1.54) is 0 Å². The Labute approximate surface area is 108 Å². The first-order valence-corrected chi connectivity index (χ1v) is 6.54. The summed E-state index contributed by atoms with van der Waals surface area (Å²) in [6, 6.07) is 7.42. The van der Waals surface area contributed by atoms with Crippen LogP contribution in [-0.2, 0) is 0 Å². The van der Waals surface area contributed by atoms with Crippen LogP contribution in [0.25, 0.3) is 0 Å². The van der Waals surface area contributed by atoms with Crippen molar-refractivity contribution in [1.29, 1.82) is 0 Å². The number of carbonyl (C=O) groups is 1. The van der Waals surface area contributed by atoms with E-state index in [4.69, 9.17) is 4.74 Å². The van der Waals surface area contributed by atoms with Gasteiger partial charge < -0.3 is 15.0 Å². The third-order valence-electron chi connectivity index (χ3n) is 3.02. The van der Waals surface area contributed by atoms with E-state index in [0.29, 0.717) is 12.2 Å². The molecule has 1 aliphatic heterocycles. The fraction of sp³-hybridized carbons (Fsp3) is 0.500. The summed E-state index contributed by atoms with van der Waals surface area (Å²) in [5.74, 6) is 0.858. The molecule has 4 heteroatoms. The molecule has 1 N–H and O–H groups in total. The molecule has 1 aromatic rings. The van der Waals surface area contributed by atoms with Crippen LogP contribution in [0.1, 0.15) is 23.7 Å². The SMILES string of the molecule is CCOc1cccc(C(=O)N2CCCNCC2)c1. The number of amides is 1. The molecule has 1 aliphatic rings. The first-order chi connectivity index (χ1) is 8.81. The Morgan fingerprint density at radius 3 is 3.11 bits per heavy atom. The summed E-state index contributed by atoms with van der Waals surface area (Å²) in [4.78, 5) is 14.3. The van der Waals surface area contributed by atoms with E-state index in [-0.39, 0.29) is 5.91 Å². The predicted octanol–water partition coefficient (Wildman–Crippen LogP) is 1.52. The maximum Gasteiger partial charge on any atom is 0.254 e. The topological polar surface area (TPSA) is 41.6 Å². The summed E-state index contributed by atoms with van der Waals surface area (Å²) < 4.78 is 5.43. The molecule has 0 aromatic heterocycles. The van der Waals surface area contributed by atoms with Crippen LogP contribution in [-0.4, -0.2) is 43.6 Å². The molecule has 1 heterocycles. The highest BCUT2D eigenvalue weighted by Gasteiger charge is 2.17. The summed E-state index contributed by atoms with van der Waals surface area (Å²) in [7, 11) is 0. The van der Waals surface area contributed by atoms with Gasteiger partial charge in [0.05, 0.1) is 6.61 Å². The van der Waals surface area contributed by atoms with Crippen LogP contribution in [0.15, 0.2) is 24.3 Å². The number of nitrogens with zero attached hydrogens (tertiary/aromatic N) is 1. The van der Waals surface area contributed by atoms with Crippen molar-refractivity contribution >= 4 is 5.91 Å². The number of hydrogen-bond acceptors (Lipinski definition) is 3. The molecule has 0 spiro atoms. The Bertz CT molecular complexity index is 399. The van der Waals surface area contributed by atoms with Crippen LogP contribution < -0.4 is 10.1 Å². The minimum atomic E-state index is 0.0975. The monoisotopic (exact) mass is 248 g/mol. The predicted molar refractivity (Wildman–Crippen MR) is 71.0 cm³/mol. The van der Waals surface area contributed by atoms with Gasteiger partial charge in [-0.05, 0) is 38.1 Å². The summed E-state index contributed by atoms with van der Waals surface area (Å²) in [5, 5.41) is 3.30. The molecule has 0 atom stereocenters. The molecule has 18 heavy (non-hydrogen) atoms. The standard InChI is InChI=1S/C14H20N2O2/c1-2-18-13-6-3-5-12(11-13)14(17)16-9-4-7-15-8-10-16/h3,5-6,11,15H,2,4,7-10H2,1H3. The summed E-state index contributed by atoms with van der Waals surface area (Å²) in [5.41, 5.74) is 0.711. The van der Waals surface area contributed by atoms with E-state index in [2.05, 4.69) is 5.32 Å². The number of ether oxygens (including phenoxy) is 1. The molecule has 98 valence electrons. The van der Waals surface area contributed by atoms with Gasteiger partial charge in [-0.1, -0.05) is 6.07 Å². The van der Waals surface area contributed by atoms with Crippen LogP contribution in [0.4, 0.5) is 0 Å². The van der Waals surface area contributed by atoms with Gasteiger partial charge >= 0.3 is 0 Å². The van der Waals surface area contributed by atoms with Gasteiger partial charge in [0.15, 0.2) is 0 Å². The molecule has 0 saturated carbocycles. The molecular formula is C14H20N2O2. The van der Waals surface area contributed by atoms with Crippen molar-refractivity contribution in [3.8, 4) is 5.75 Å². The Morgan fingerprint density at radius 1 is 1.39 bits per heavy atom. The van der Waals surface area contributed by atoms with Crippen LogP contribution in [0.5, 0.6) is 5.75 Å². The van der Waals surface area contributed by atoms with Gasteiger partial charge in [-0.2, -0.15) is 0 Å². The second kappa shape index (κ2) is 6.40. The molecule has 4 nitrogen and oxygen atoms in total. The van der Waals surface area contributed by atoms with Crippen molar-refractivity contribution < 1.29 is 9.53 Å². The van der Waals surface area contributed by atoms with Gasteiger partial charge in [-0.3, -0.25) is 4.79 Å². The lowest BCUT2D eigenvalue weighted by atomic mass is 10.2. The minimum absolute atomic E-state index is 0.0975. The molecule has 1 aromatic carbocycles. The average Bonchev–Trinajstić information content (AvgIpc) is 2.67. The van der Waals surface area contributed by atoms with Crippen molar-refractivity contribution in [3.05, 3.63) is 29.8 Å². The van der Waals surface area contributed by atoms with E-state index in [9.17, 15) is 4.79 Å². The van der Waals surface area contributed by atoms with E-state index in [1.54, 1.807) is 0 Å². The molecule has 1 saturated heterocycles. The van der Waals surface area contributed by atoms with E-state index >= 15 is 0 Å². The van der Waals surface area contributed by atoms with E-state index in [1.807, 2.05) is 36.1 Å². The van der Waals surface area contributed by atoms with Crippen molar-refractivity contribution in [2.45, 2.75) is 13.3 Å². The van der Waals surface area contributed by atoms with Crippen molar-refractivity contribution in [2.24, 2.45) is 0 Å². The second-order valence-corrected chi connectivity index (χ2v) is 4.36. The number of nitrogens with one attached hydrogen (secondary N) is 1. The van der Waals surface area contributed by atoms with Gasteiger partial charge in [0.1, 0.15) is 5.75 Å². The van der Waals surface area contributed by atoms with Crippen molar-refractivity contribution in [3.63, 3.8) is 0 Å². The Morgan fingerprint density at radius 2 is 2.28 bits per heavy atom. The lowest BCUT2D eigenvalue weighted by molar-refractivity contribution is 0.0766. The number of hydrogen-bond donors (Lipinski definition) is 1. The quantitative estimate of drug-likeness (QED) is 0.882. The zero-order valence-corrected chi connectivity index (χ0v) is 10.8. The first kappa shape index (κ1) is 12.9. The average molecular weight is 248 g/mol. The molecule has 1 fully saturated rings. The fourth-order valence-corrected chi connectivity index (χ4v) is 2.12. The maximum absolute atomic E-state index is 12.4. The lowest BCUT2D eigenvalue weighted by Gasteiger charge is -2.20. The lowest BCUT2D eigenvalue weighted by Crippen LogP contribution is -2.34. The minimum Gasteiger partial charge on any atom is -0.494 e. The third-order valence-corrected chi connectivity index (χ3v) is 3.02. The van der Waals surface area contributed by atoms with Crippen LogP contribution >= 0.6 is 0 Å². The first-order valence-electron chi connectivity index (χ1n) is 6.54. The number of rotatable bonds is 3. The van der Waals surface area contributed by atoms with Gasteiger partial charge in [0.2, 0.25) is 0 Å². The molecule has 0 aliphatic carbocycles. The van der Waals surface area contributed by atoms with Crippen LogP contribution in [0.2, 0.25) is 0 Å². The zero-order chi connectivity index (χ0) is 12.8. The Hall–Kier alpha value is -1.55. The van der Waals surface area contributed by atoms with Gasteiger partial charge in [0, 0.05) is 25.2 Å². The second-order valence-electron chi connectivity index (χ2n) is 4.36. The van der Waals surface area contributed by atoms with Gasteiger partial charge in [0.25, 0.3) is 5.91 Å². The third kappa shape index (κ3) is 3.23. The molecular weight excluding hydrogens is 228 g/mol. The summed E-state index contributed by atoms with van der Waals surface area (Å²) >= 11 is 0. The maximum atomic E-state index is 12.4. The highest BCUT2D eigenvalue weighted by molar-refractivity contribution is 5.94. The van der Waals surface area contributed by atoms with Crippen molar-refractivity contribution in [1.82, 2.24) is 10.2 Å². The fourth-order valence-electron chi connectivity index (χ4n) is 2.12. The normalized spacial score (nSPS) is 16.2. The number of carbonyl (C=O) groups excluding carboxylic acids is 1. The summed E-state index contributed by atoms with van der Waals surface area (Å²) in [6.07, 6.45) is 1.01. The number of benzene rings is 1. The Kier molecular flexibility index (Phi) is 4.59. The molecule has 0 bridgehead atoms. The van der Waals surface area contributed by atoms with Gasteiger partial charge in [-0.15, -0.1) is 0 Å². The highest BCUT2D eigenvalue weighted by atomic mass is 16.5.